The maximum atomic E-state index is 6.17. The van der Waals surface area contributed by atoms with Gasteiger partial charge in [-0.2, -0.15) is 0 Å². The first kappa shape index (κ1) is 10.9. The van der Waals surface area contributed by atoms with Gasteiger partial charge in [0.1, 0.15) is 5.69 Å². The number of nitrogens with two attached hydrogens (primary N) is 1. The summed E-state index contributed by atoms with van der Waals surface area (Å²) in [5, 5.41) is 0. The Bertz CT molecular complexity index is 310. The van der Waals surface area contributed by atoms with Crippen LogP contribution in [0.1, 0.15) is 26.5 Å². The Morgan fingerprint density at radius 1 is 1.36 bits per heavy atom. The minimum atomic E-state index is -0.514. The molecule has 4 heteroatoms. The van der Waals surface area contributed by atoms with Crippen LogP contribution in [0.2, 0.25) is 0 Å². The molecule has 0 bridgehead atoms. The highest BCUT2D eigenvalue weighted by Gasteiger charge is 2.30. The first-order chi connectivity index (χ1) is 6.50. The van der Waals surface area contributed by atoms with E-state index in [9.17, 15) is 0 Å². The van der Waals surface area contributed by atoms with Gasteiger partial charge in [0.25, 0.3) is 0 Å². The fraction of sp³-hybridized carbons (Fsp3) is 0.600. The van der Waals surface area contributed by atoms with Crippen LogP contribution in [-0.2, 0) is 5.54 Å². The molecule has 0 amide bonds. The normalized spacial score (nSPS) is 15.3. The second-order valence-electron chi connectivity index (χ2n) is 3.85. The number of hydrogen-bond donors (Lipinski definition) is 1. The van der Waals surface area contributed by atoms with Crippen LogP contribution in [0.5, 0.6) is 5.88 Å². The average molecular weight is 195 g/mol. The zero-order valence-corrected chi connectivity index (χ0v) is 9.11. The topological polar surface area (TPSA) is 61.0 Å². The van der Waals surface area contributed by atoms with E-state index in [0.29, 0.717) is 11.6 Å². The lowest BCUT2D eigenvalue weighted by atomic mass is 9.86. The van der Waals surface area contributed by atoms with Gasteiger partial charge in [-0.3, -0.25) is 4.98 Å². The Morgan fingerprint density at radius 2 is 1.93 bits per heavy atom. The summed E-state index contributed by atoms with van der Waals surface area (Å²) in [4.78, 5) is 8.31. The first-order valence-corrected chi connectivity index (χ1v) is 4.64. The van der Waals surface area contributed by atoms with E-state index in [4.69, 9.17) is 10.5 Å². The molecule has 1 unspecified atom stereocenters. The van der Waals surface area contributed by atoms with Gasteiger partial charge in [0, 0.05) is 12.4 Å². The fourth-order valence-corrected chi connectivity index (χ4v) is 1.12. The Balaban J connectivity index is 3.17. The van der Waals surface area contributed by atoms with E-state index in [2.05, 4.69) is 9.97 Å². The molecule has 1 rings (SSSR count). The quantitative estimate of drug-likeness (QED) is 0.790. The third-order valence-corrected chi connectivity index (χ3v) is 2.57. The van der Waals surface area contributed by atoms with Crippen LogP contribution in [-0.4, -0.2) is 17.1 Å². The van der Waals surface area contributed by atoms with Gasteiger partial charge in [0.15, 0.2) is 0 Å². The summed E-state index contributed by atoms with van der Waals surface area (Å²) in [6, 6.07) is 0. The van der Waals surface area contributed by atoms with Crippen LogP contribution >= 0.6 is 0 Å². The molecule has 78 valence electrons. The molecule has 0 saturated carbocycles. The minimum Gasteiger partial charge on any atom is -0.480 e. The monoisotopic (exact) mass is 195 g/mol. The van der Waals surface area contributed by atoms with Crippen LogP contribution in [0.4, 0.5) is 0 Å². The van der Waals surface area contributed by atoms with Gasteiger partial charge < -0.3 is 10.5 Å². The predicted molar refractivity (Wildman–Crippen MR) is 55.0 cm³/mol. The smallest absolute Gasteiger partial charge is 0.237 e. The fourth-order valence-electron chi connectivity index (χ4n) is 1.12. The Kier molecular flexibility index (Phi) is 3.06. The van der Waals surface area contributed by atoms with Gasteiger partial charge in [-0.15, -0.1) is 0 Å². The highest BCUT2D eigenvalue weighted by molar-refractivity contribution is 5.25. The number of hydrogen-bond acceptors (Lipinski definition) is 4. The highest BCUT2D eigenvalue weighted by Crippen LogP contribution is 2.29. The summed E-state index contributed by atoms with van der Waals surface area (Å²) in [5.41, 5.74) is 6.37. The summed E-state index contributed by atoms with van der Waals surface area (Å²) in [7, 11) is 1.57. The Morgan fingerprint density at radius 3 is 2.43 bits per heavy atom. The first-order valence-electron chi connectivity index (χ1n) is 4.64. The van der Waals surface area contributed by atoms with Gasteiger partial charge in [-0.1, -0.05) is 13.8 Å². The van der Waals surface area contributed by atoms with Crippen molar-refractivity contribution >= 4 is 0 Å². The van der Waals surface area contributed by atoms with Crippen molar-refractivity contribution in [1.29, 1.82) is 0 Å². The number of aromatic nitrogens is 2. The van der Waals surface area contributed by atoms with Crippen molar-refractivity contribution in [3.05, 3.63) is 18.1 Å². The van der Waals surface area contributed by atoms with Crippen molar-refractivity contribution in [2.24, 2.45) is 11.7 Å². The zero-order valence-electron chi connectivity index (χ0n) is 9.11. The van der Waals surface area contributed by atoms with Gasteiger partial charge in [-0.25, -0.2) is 4.98 Å². The Hall–Kier alpha value is -1.16. The van der Waals surface area contributed by atoms with Gasteiger partial charge in [-0.05, 0) is 12.8 Å². The molecule has 0 saturated heterocycles. The molecule has 0 aliphatic heterocycles. The number of nitrogens with zero attached hydrogens (tertiary/aromatic N) is 2. The molecule has 0 radical (unpaired) electrons. The largest absolute Gasteiger partial charge is 0.480 e. The molecule has 1 aromatic rings. The van der Waals surface area contributed by atoms with Gasteiger partial charge in [0.2, 0.25) is 5.88 Å². The molecule has 4 nitrogen and oxygen atoms in total. The molecule has 14 heavy (non-hydrogen) atoms. The SMILES string of the molecule is COc1nccnc1C(C)(N)C(C)C. The van der Waals surface area contributed by atoms with E-state index in [0.717, 1.165) is 0 Å². The molecule has 0 aliphatic rings. The van der Waals surface area contributed by atoms with Gasteiger partial charge >= 0.3 is 0 Å². The molecular formula is C10H17N3O. The minimum absolute atomic E-state index is 0.271. The van der Waals surface area contributed by atoms with Crippen molar-refractivity contribution in [2.75, 3.05) is 7.11 Å². The van der Waals surface area contributed by atoms with Crippen molar-refractivity contribution in [2.45, 2.75) is 26.3 Å². The summed E-state index contributed by atoms with van der Waals surface area (Å²) < 4.78 is 5.13. The van der Waals surface area contributed by atoms with E-state index >= 15 is 0 Å². The maximum absolute atomic E-state index is 6.17. The van der Waals surface area contributed by atoms with E-state index in [-0.39, 0.29) is 5.92 Å². The lowest BCUT2D eigenvalue weighted by Gasteiger charge is -2.28. The number of ether oxygens (including phenoxy) is 1. The van der Waals surface area contributed by atoms with Crippen molar-refractivity contribution in [1.82, 2.24) is 9.97 Å². The van der Waals surface area contributed by atoms with Crippen molar-refractivity contribution in [3.63, 3.8) is 0 Å². The van der Waals surface area contributed by atoms with Crippen molar-refractivity contribution in [3.8, 4) is 5.88 Å². The van der Waals surface area contributed by atoms with Crippen LogP contribution < -0.4 is 10.5 Å². The maximum Gasteiger partial charge on any atom is 0.237 e. The molecule has 0 aromatic carbocycles. The molecule has 1 aromatic heterocycles. The summed E-state index contributed by atoms with van der Waals surface area (Å²) in [6.07, 6.45) is 3.23. The van der Waals surface area contributed by atoms with Crippen molar-refractivity contribution < 1.29 is 4.74 Å². The lowest BCUT2D eigenvalue weighted by Crippen LogP contribution is -2.39. The second kappa shape index (κ2) is 3.92. The molecule has 1 heterocycles. The lowest BCUT2D eigenvalue weighted by molar-refractivity contribution is 0.309. The Labute approximate surface area is 84.5 Å². The summed E-state index contributed by atoms with van der Waals surface area (Å²) in [5.74, 6) is 0.777. The zero-order chi connectivity index (χ0) is 10.8. The molecule has 2 N–H and O–H groups in total. The average Bonchev–Trinajstić information content (AvgIpc) is 2.17. The van der Waals surface area contributed by atoms with Crippen LogP contribution in [0.15, 0.2) is 12.4 Å². The predicted octanol–water partition coefficient (Wildman–Crippen LogP) is 1.32. The third kappa shape index (κ3) is 1.85. The van der Waals surface area contributed by atoms with E-state index in [1.165, 1.54) is 0 Å². The van der Waals surface area contributed by atoms with Crippen LogP contribution in [0.25, 0.3) is 0 Å². The highest BCUT2D eigenvalue weighted by atomic mass is 16.5. The molecular weight excluding hydrogens is 178 g/mol. The third-order valence-electron chi connectivity index (χ3n) is 2.57. The summed E-state index contributed by atoms with van der Waals surface area (Å²) in [6.45, 7) is 6.03. The molecule has 0 fully saturated rings. The number of methoxy groups -OCH3 is 1. The van der Waals surface area contributed by atoms with Gasteiger partial charge in [0.05, 0.1) is 12.6 Å². The molecule has 0 spiro atoms. The molecule has 0 aliphatic carbocycles. The standard InChI is InChI=1S/C10H17N3O/c1-7(2)10(3,11)8-9(14-4)13-6-5-12-8/h5-7H,11H2,1-4H3. The van der Waals surface area contributed by atoms with E-state index in [1.807, 2.05) is 20.8 Å². The van der Waals surface area contributed by atoms with Crippen LogP contribution in [0, 0.1) is 5.92 Å². The second-order valence-corrected chi connectivity index (χ2v) is 3.85. The van der Waals surface area contributed by atoms with Crippen LogP contribution in [0.3, 0.4) is 0 Å². The number of rotatable bonds is 3. The molecule has 1 atom stereocenters. The van der Waals surface area contributed by atoms with E-state index in [1.54, 1.807) is 19.5 Å². The van der Waals surface area contributed by atoms with E-state index < -0.39 is 5.54 Å². The summed E-state index contributed by atoms with van der Waals surface area (Å²) >= 11 is 0.